The van der Waals surface area contributed by atoms with Crippen molar-refractivity contribution in [2.45, 2.75) is 46.1 Å². The molecule has 0 N–H and O–H groups in total. The fraction of sp³-hybridized carbons (Fsp3) is 0.667. The third kappa shape index (κ3) is 3.21. The molecule has 0 aromatic carbocycles. The van der Waals surface area contributed by atoms with Crippen molar-refractivity contribution in [2.24, 2.45) is 5.92 Å². The fourth-order valence-electron chi connectivity index (χ4n) is 2.58. The number of hydrogen-bond acceptors (Lipinski definition) is 3. The molecule has 0 radical (unpaired) electrons. The van der Waals surface area contributed by atoms with E-state index in [0.29, 0.717) is 18.4 Å². The first-order valence-corrected chi connectivity index (χ1v) is 7.77. The maximum Gasteiger partial charge on any atom is 0.186 e. The van der Waals surface area contributed by atoms with Crippen LogP contribution in [0.25, 0.3) is 0 Å². The van der Waals surface area contributed by atoms with Crippen LogP contribution in [0.3, 0.4) is 0 Å². The number of hydrogen-bond donors (Lipinski definition) is 0. The molecule has 100 valence electrons. The zero-order valence-corrected chi connectivity index (χ0v) is 12.4. The maximum atomic E-state index is 12.3. The topological polar surface area (TPSA) is 20.3 Å². The molecule has 2 nitrogen and oxygen atoms in total. The minimum Gasteiger partial charge on any atom is -0.293 e. The number of Topliss-reactive ketones (excluding diaryl/α,β-unsaturated/α-hetero) is 1. The molecule has 1 aromatic rings. The van der Waals surface area contributed by atoms with Crippen LogP contribution in [-0.4, -0.2) is 29.8 Å². The molecule has 1 aromatic heterocycles. The van der Waals surface area contributed by atoms with E-state index in [2.05, 4.69) is 31.7 Å². The molecule has 1 fully saturated rings. The van der Waals surface area contributed by atoms with E-state index in [1.165, 1.54) is 17.7 Å². The summed E-state index contributed by atoms with van der Waals surface area (Å²) in [6.07, 6.45) is 3.54. The van der Waals surface area contributed by atoms with Gasteiger partial charge in [-0.2, -0.15) is 0 Å². The third-order valence-corrected chi connectivity index (χ3v) is 5.15. The highest BCUT2D eigenvalue weighted by molar-refractivity contribution is 7.14. The predicted octanol–water partition coefficient (Wildman–Crippen LogP) is 3.61. The Labute approximate surface area is 114 Å². The summed E-state index contributed by atoms with van der Waals surface area (Å²) in [5.74, 6) is 1.02. The average Bonchev–Trinajstić information content (AvgIpc) is 2.82. The monoisotopic (exact) mass is 265 g/mol. The first-order valence-electron chi connectivity index (χ1n) is 6.96. The number of nitrogens with zero attached hydrogens (tertiary/aromatic N) is 1. The molecular formula is C15H23NOS. The largest absolute Gasteiger partial charge is 0.293 e. The molecule has 0 spiro atoms. The van der Waals surface area contributed by atoms with Crippen LogP contribution in [0, 0.1) is 5.92 Å². The van der Waals surface area contributed by atoms with Gasteiger partial charge in [0.05, 0.1) is 11.4 Å². The van der Waals surface area contributed by atoms with Crippen LogP contribution in [0.5, 0.6) is 0 Å². The number of thiophene rings is 1. The lowest BCUT2D eigenvalue weighted by atomic mass is 9.95. The second-order valence-electron chi connectivity index (χ2n) is 5.50. The molecular weight excluding hydrogens is 242 g/mol. The van der Waals surface area contributed by atoms with Crippen molar-refractivity contribution in [2.75, 3.05) is 13.1 Å². The molecule has 2 heterocycles. The molecule has 0 amide bonds. The van der Waals surface area contributed by atoms with Crippen LogP contribution < -0.4 is 0 Å². The standard InChI is InChI=1S/C15H23NOS/c1-4-13-7-8-15(18-13)14(17)10-16-9-11(2)5-6-12(16)3/h7-8,11-12H,4-6,9-10H2,1-3H3. The number of carbonyl (C=O) groups excluding carboxylic acids is 1. The number of aryl methyl sites for hydroxylation is 1. The summed E-state index contributed by atoms with van der Waals surface area (Å²) < 4.78 is 0. The van der Waals surface area contributed by atoms with Crippen LogP contribution in [0.4, 0.5) is 0 Å². The van der Waals surface area contributed by atoms with E-state index in [-0.39, 0.29) is 0 Å². The SMILES string of the molecule is CCc1ccc(C(=O)CN2CC(C)CCC2C)s1. The first kappa shape index (κ1) is 13.8. The Morgan fingerprint density at radius 3 is 2.83 bits per heavy atom. The van der Waals surface area contributed by atoms with Crippen LogP contribution in [0.15, 0.2) is 12.1 Å². The summed E-state index contributed by atoms with van der Waals surface area (Å²) in [4.78, 5) is 16.8. The Bertz CT molecular complexity index is 412. The zero-order chi connectivity index (χ0) is 13.1. The predicted molar refractivity (Wildman–Crippen MR) is 77.5 cm³/mol. The number of ketones is 1. The summed E-state index contributed by atoms with van der Waals surface area (Å²) in [7, 11) is 0. The molecule has 1 aliphatic rings. The average molecular weight is 265 g/mol. The number of piperidine rings is 1. The molecule has 3 heteroatoms. The van der Waals surface area contributed by atoms with Gasteiger partial charge in [-0.3, -0.25) is 9.69 Å². The fourth-order valence-corrected chi connectivity index (χ4v) is 3.46. The van der Waals surface area contributed by atoms with Gasteiger partial charge in [-0.1, -0.05) is 13.8 Å². The molecule has 0 saturated carbocycles. The van der Waals surface area contributed by atoms with Gasteiger partial charge < -0.3 is 0 Å². The van der Waals surface area contributed by atoms with Gasteiger partial charge in [-0.05, 0) is 44.2 Å². The lowest BCUT2D eigenvalue weighted by Crippen LogP contribution is -2.43. The molecule has 0 bridgehead atoms. The van der Waals surface area contributed by atoms with Gasteiger partial charge in [-0.15, -0.1) is 11.3 Å². The van der Waals surface area contributed by atoms with Gasteiger partial charge in [0, 0.05) is 17.5 Å². The van der Waals surface area contributed by atoms with Gasteiger partial charge in [0.15, 0.2) is 5.78 Å². The normalized spacial score (nSPS) is 25.3. The van der Waals surface area contributed by atoms with Crippen LogP contribution >= 0.6 is 11.3 Å². The van der Waals surface area contributed by atoms with Crippen LogP contribution in [0.2, 0.25) is 0 Å². The van der Waals surface area contributed by atoms with Crippen LogP contribution in [0.1, 0.15) is 48.2 Å². The quantitative estimate of drug-likeness (QED) is 0.775. The van der Waals surface area contributed by atoms with Crippen molar-refractivity contribution in [3.05, 3.63) is 21.9 Å². The summed E-state index contributed by atoms with van der Waals surface area (Å²) in [6.45, 7) is 8.32. The molecule has 1 saturated heterocycles. The molecule has 0 aliphatic carbocycles. The van der Waals surface area contributed by atoms with E-state index >= 15 is 0 Å². The smallest absolute Gasteiger partial charge is 0.186 e. The molecule has 2 unspecified atom stereocenters. The number of rotatable bonds is 4. The Morgan fingerprint density at radius 1 is 1.39 bits per heavy atom. The summed E-state index contributed by atoms with van der Waals surface area (Å²) in [6, 6.07) is 4.63. The van der Waals surface area contributed by atoms with Crippen molar-refractivity contribution in [3.63, 3.8) is 0 Å². The number of carbonyl (C=O) groups is 1. The molecule has 18 heavy (non-hydrogen) atoms. The van der Waals surface area contributed by atoms with Crippen molar-refractivity contribution < 1.29 is 4.79 Å². The first-order chi connectivity index (χ1) is 8.60. The van der Waals surface area contributed by atoms with Crippen molar-refractivity contribution in [1.82, 2.24) is 4.90 Å². The van der Waals surface area contributed by atoms with E-state index in [1.807, 2.05) is 6.07 Å². The second kappa shape index (κ2) is 5.98. The van der Waals surface area contributed by atoms with E-state index in [4.69, 9.17) is 0 Å². The Morgan fingerprint density at radius 2 is 2.17 bits per heavy atom. The highest BCUT2D eigenvalue weighted by Gasteiger charge is 2.25. The van der Waals surface area contributed by atoms with Crippen molar-refractivity contribution in [1.29, 1.82) is 0 Å². The number of likely N-dealkylation sites (tertiary alicyclic amines) is 1. The lowest BCUT2D eigenvalue weighted by molar-refractivity contribution is 0.0809. The Hall–Kier alpha value is -0.670. The zero-order valence-electron chi connectivity index (χ0n) is 11.6. The van der Waals surface area contributed by atoms with Gasteiger partial charge >= 0.3 is 0 Å². The Kier molecular flexibility index (Phi) is 4.57. The molecule has 2 atom stereocenters. The highest BCUT2D eigenvalue weighted by Crippen LogP contribution is 2.23. The Balaban J connectivity index is 1.97. The maximum absolute atomic E-state index is 12.3. The van der Waals surface area contributed by atoms with Crippen molar-refractivity contribution in [3.8, 4) is 0 Å². The van der Waals surface area contributed by atoms with E-state index in [1.54, 1.807) is 11.3 Å². The minimum atomic E-state index is 0.292. The van der Waals surface area contributed by atoms with Crippen LogP contribution in [-0.2, 0) is 6.42 Å². The van der Waals surface area contributed by atoms with Gasteiger partial charge in [0.2, 0.25) is 0 Å². The summed E-state index contributed by atoms with van der Waals surface area (Å²) in [5.41, 5.74) is 0. The minimum absolute atomic E-state index is 0.292. The van der Waals surface area contributed by atoms with Gasteiger partial charge in [0.1, 0.15) is 0 Å². The van der Waals surface area contributed by atoms with Crippen molar-refractivity contribution >= 4 is 17.1 Å². The van der Waals surface area contributed by atoms with E-state index in [9.17, 15) is 4.79 Å². The third-order valence-electron chi connectivity index (χ3n) is 3.88. The molecule has 1 aliphatic heterocycles. The lowest BCUT2D eigenvalue weighted by Gasteiger charge is -2.36. The highest BCUT2D eigenvalue weighted by atomic mass is 32.1. The summed E-state index contributed by atoms with van der Waals surface area (Å²) >= 11 is 1.66. The van der Waals surface area contributed by atoms with Gasteiger partial charge in [0.25, 0.3) is 0 Å². The van der Waals surface area contributed by atoms with Gasteiger partial charge in [-0.25, -0.2) is 0 Å². The molecule has 2 rings (SSSR count). The van der Waals surface area contributed by atoms with E-state index < -0.39 is 0 Å². The second-order valence-corrected chi connectivity index (χ2v) is 6.67. The van der Waals surface area contributed by atoms with E-state index in [0.717, 1.165) is 23.8 Å². The summed E-state index contributed by atoms with van der Waals surface area (Å²) in [5, 5.41) is 0.